The molecule has 0 saturated carbocycles. The summed E-state index contributed by atoms with van der Waals surface area (Å²) in [5.41, 5.74) is -0.540. The third-order valence-electron chi connectivity index (χ3n) is 3.63. The molecule has 23 heavy (non-hydrogen) atoms. The zero-order chi connectivity index (χ0) is 17.0. The number of ether oxygens (including phenoxy) is 1. The van der Waals surface area contributed by atoms with Crippen LogP contribution in [-0.4, -0.2) is 51.8 Å². The molecule has 0 unspecified atom stereocenters. The van der Waals surface area contributed by atoms with E-state index in [2.05, 4.69) is 15.6 Å². The van der Waals surface area contributed by atoms with E-state index >= 15 is 0 Å². The number of hydrogen-bond donors (Lipinski definition) is 3. The number of unbranched alkanes of at least 4 members (excludes halogenated alkanes) is 1. The van der Waals surface area contributed by atoms with E-state index < -0.39 is 17.7 Å². The number of nitrogens with one attached hydrogen (secondary N) is 2. The first-order valence-corrected chi connectivity index (χ1v) is 8.97. The molecule has 0 spiro atoms. The number of amides is 1. The molecular formula is C15H25N3O4S. The van der Waals surface area contributed by atoms with Gasteiger partial charge in [0.2, 0.25) is 5.96 Å². The van der Waals surface area contributed by atoms with Gasteiger partial charge in [0.1, 0.15) is 5.60 Å². The number of carboxylic acid groups (broad SMARTS) is 1. The van der Waals surface area contributed by atoms with E-state index in [1.807, 2.05) is 32.5 Å². The lowest BCUT2D eigenvalue weighted by Crippen LogP contribution is -2.44. The predicted octanol–water partition coefficient (Wildman–Crippen LogP) is 1.97. The highest BCUT2D eigenvalue weighted by atomic mass is 32.2. The fourth-order valence-electron chi connectivity index (χ4n) is 2.69. The van der Waals surface area contributed by atoms with Crippen LogP contribution in [0.15, 0.2) is 4.99 Å². The minimum absolute atomic E-state index is 0.134. The summed E-state index contributed by atoms with van der Waals surface area (Å²) in [4.78, 5) is 26.9. The van der Waals surface area contributed by atoms with E-state index in [1.54, 1.807) is 0 Å². The van der Waals surface area contributed by atoms with Gasteiger partial charge in [-0.05, 0) is 33.6 Å². The highest BCUT2D eigenvalue weighted by molar-refractivity contribution is 8.00. The largest absolute Gasteiger partial charge is 0.481 e. The molecule has 130 valence electrons. The Morgan fingerprint density at radius 3 is 2.83 bits per heavy atom. The van der Waals surface area contributed by atoms with Gasteiger partial charge in [-0.1, -0.05) is 6.42 Å². The molecule has 0 aliphatic carbocycles. The van der Waals surface area contributed by atoms with Gasteiger partial charge < -0.3 is 15.2 Å². The molecule has 0 aromatic heterocycles. The third-order valence-corrected chi connectivity index (χ3v) is 5.13. The molecular weight excluding hydrogens is 318 g/mol. The molecule has 2 aliphatic heterocycles. The summed E-state index contributed by atoms with van der Waals surface area (Å²) in [6, 6.07) is 0.365. The van der Waals surface area contributed by atoms with Gasteiger partial charge in [0.25, 0.3) is 0 Å². The average molecular weight is 343 g/mol. The Labute approximate surface area is 140 Å². The second-order valence-corrected chi connectivity index (χ2v) is 8.13. The number of nitrogens with zero attached hydrogens (tertiary/aromatic N) is 1. The number of guanidine groups is 1. The van der Waals surface area contributed by atoms with Crippen LogP contribution in [0.1, 0.15) is 46.5 Å². The first kappa shape index (κ1) is 17.9. The van der Waals surface area contributed by atoms with Crippen LogP contribution in [0.25, 0.3) is 0 Å². The maximum atomic E-state index is 11.8. The summed E-state index contributed by atoms with van der Waals surface area (Å²) in [6.45, 7) is 5.44. The number of carboxylic acids is 1. The Balaban J connectivity index is 1.80. The Bertz CT molecular complexity index is 490. The maximum absolute atomic E-state index is 11.8. The molecule has 7 nitrogen and oxygen atoms in total. The Morgan fingerprint density at radius 1 is 1.43 bits per heavy atom. The Hall–Kier alpha value is -1.44. The van der Waals surface area contributed by atoms with Crippen LogP contribution in [0.3, 0.4) is 0 Å². The summed E-state index contributed by atoms with van der Waals surface area (Å²) in [7, 11) is 0. The van der Waals surface area contributed by atoms with Gasteiger partial charge in [-0.15, -0.1) is 0 Å². The molecule has 0 aromatic carbocycles. The molecule has 3 atom stereocenters. The summed E-state index contributed by atoms with van der Waals surface area (Å²) in [6.07, 6.45) is 2.25. The van der Waals surface area contributed by atoms with E-state index in [-0.39, 0.29) is 18.5 Å². The van der Waals surface area contributed by atoms with E-state index in [1.165, 1.54) is 0 Å². The van der Waals surface area contributed by atoms with Crippen LogP contribution in [0.4, 0.5) is 4.79 Å². The first-order valence-electron chi connectivity index (χ1n) is 7.92. The highest BCUT2D eigenvalue weighted by Gasteiger charge is 2.41. The lowest BCUT2D eigenvalue weighted by Gasteiger charge is -2.19. The van der Waals surface area contributed by atoms with Gasteiger partial charge in [-0.3, -0.25) is 10.1 Å². The number of fused-ring (bicyclic) bond motifs is 1. The maximum Gasteiger partial charge on any atom is 0.414 e. The van der Waals surface area contributed by atoms with E-state index in [9.17, 15) is 9.59 Å². The standard InChI is InChI=1S/C15H25N3O4S/c1-15(2,3)22-14(21)18-13-16-9-8-23-10(12(9)17-13)6-4-5-7-11(19)20/h9-10,12H,4-8H2,1-3H3,(H,19,20)(H2,16,17,18,21)/t9-,10-,12-/m0/s1. The quantitative estimate of drug-likeness (QED) is 0.660. The SMILES string of the molecule is CC(C)(C)OC(=O)NC1=N[C@H]2[C@H](CS[C@H]2CCCCC(=O)O)N1. The van der Waals surface area contributed by atoms with Crippen molar-refractivity contribution in [1.82, 2.24) is 10.6 Å². The normalized spacial score (nSPS) is 26.2. The van der Waals surface area contributed by atoms with Gasteiger partial charge in [-0.25, -0.2) is 9.79 Å². The molecule has 0 radical (unpaired) electrons. The van der Waals surface area contributed by atoms with Crippen LogP contribution >= 0.6 is 11.8 Å². The van der Waals surface area contributed by atoms with Crippen LogP contribution in [0.2, 0.25) is 0 Å². The van der Waals surface area contributed by atoms with Crippen LogP contribution in [0, 0.1) is 0 Å². The molecule has 8 heteroatoms. The van der Waals surface area contributed by atoms with Gasteiger partial charge >= 0.3 is 12.1 Å². The minimum atomic E-state index is -0.744. The van der Waals surface area contributed by atoms with Crippen LogP contribution < -0.4 is 10.6 Å². The van der Waals surface area contributed by atoms with Crippen molar-refractivity contribution >= 4 is 29.8 Å². The number of rotatable bonds is 5. The molecule has 2 heterocycles. The van der Waals surface area contributed by atoms with Crippen molar-refractivity contribution in [2.75, 3.05) is 5.75 Å². The molecule has 1 amide bonds. The zero-order valence-corrected chi connectivity index (χ0v) is 14.6. The van der Waals surface area contributed by atoms with Crippen molar-refractivity contribution in [1.29, 1.82) is 0 Å². The number of alkyl carbamates (subject to hydrolysis) is 1. The molecule has 1 fully saturated rings. The number of aliphatic carboxylic acids is 1. The average Bonchev–Trinajstić information content (AvgIpc) is 2.92. The summed E-state index contributed by atoms with van der Waals surface area (Å²) in [5, 5.41) is 14.9. The number of aliphatic imine (C=N–C) groups is 1. The van der Waals surface area contributed by atoms with Crippen LogP contribution in [0.5, 0.6) is 0 Å². The van der Waals surface area contributed by atoms with E-state index in [0.29, 0.717) is 17.6 Å². The van der Waals surface area contributed by atoms with Crippen molar-refractivity contribution < 1.29 is 19.4 Å². The third kappa shape index (κ3) is 5.60. The van der Waals surface area contributed by atoms with Crippen molar-refractivity contribution in [3.63, 3.8) is 0 Å². The van der Waals surface area contributed by atoms with Crippen molar-refractivity contribution in [2.24, 2.45) is 4.99 Å². The van der Waals surface area contributed by atoms with Crippen LogP contribution in [-0.2, 0) is 9.53 Å². The second-order valence-electron chi connectivity index (χ2n) is 6.86. The predicted molar refractivity (Wildman–Crippen MR) is 89.9 cm³/mol. The summed E-state index contributed by atoms with van der Waals surface area (Å²) >= 11 is 1.86. The fraction of sp³-hybridized carbons (Fsp3) is 0.800. The fourth-order valence-corrected chi connectivity index (χ4v) is 4.21. The van der Waals surface area contributed by atoms with E-state index in [4.69, 9.17) is 9.84 Å². The number of carbonyl (C=O) groups excluding carboxylic acids is 1. The molecule has 0 aromatic rings. The first-order chi connectivity index (χ1) is 10.7. The number of carbonyl (C=O) groups is 2. The van der Waals surface area contributed by atoms with Crippen molar-refractivity contribution in [3.05, 3.63) is 0 Å². The van der Waals surface area contributed by atoms with Crippen molar-refractivity contribution in [3.8, 4) is 0 Å². The van der Waals surface area contributed by atoms with Crippen molar-refractivity contribution in [2.45, 2.75) is 69.4 Å². The molecule has 0 bridgehead atoms. The monoisotopic (exact) mass is 343 g/mol. The molecule has 3 N–H and O–H groups in total. The topological polar surface area (TPSA) is 100 Å². The minimum Gasteiger partial charge on any atom is -0.481 e. The lowest BCUT2D eigenvalue weighted by atomic mass is 10.0. The van der Waals surface area contributed by atoms with Gasteiger partial charge in [0.15, 0.2) is 0 Å². The zero-order valence-electron chi connectivity index (χ0n) is 13.8. The molecule has 2 aliphatic rings. The summed E-state index contributed by atoms with van der Waals surface area (Å²) < 4.78 is 5.22. The smallest absolute Gasteiger partial charge is 0.414 e. The number of thioether (sulfide) groups is 1. The lowest BCUT2D eigenvalue weighted by molar-refractivity contribution is -0.137. The molecule has 2 rings (SSSR count). The van der Waals surface area contributed by atoms with E-state index in [0.717, 1.165) is 18.6 Å². The van der Waals surface area contributed by atoms with Gasteiger partial charge in [0, 0.05) is 17.4 Å². The highest BCUT2D eigenvalue weighted by Crippen LogP contribution is 2.35. The van der Waals surface area contributed by atoms with Gasteiger partial charge in [0.05, 0.1) is 12.1 Å². The van der Waals surface area contributed by atoms with Gasteiger partial charge in [-0.2, -0.15) is 11.8 Å². The second kappa shape index (κ2) is 7.42. The molecule has 1 saturated heterocycles. The Morgan fingerprint density at radius 2 is 2.17 bits per heavy atom. The Kier molecular flexibility index (Phi) is 5.78. The summed E-state index contributed by atoms with van der Waals surface area (Å²) in [5.74, 6) is 0.675. The number of hydrogen-bond acceptors (Lipinski definition) is 6.